The molecule has 0 unspecified atom stereocenters. The largest absolute Gasteiger partial charge is 0.482 e. The molecule has 0 aromatic heterocycles. The zero-order chi connectivity index (χ0) is 14.9. The molecule has 0 atom stereocenters. The fourth-order valence-corrected chi connectivity index (χ4v) is 2.03. The van der Waals surface area contributed by atoms with Crippen LogP contribution in [0.15, 0.2) is 18.2 Å². The maximum atomic E-state index is 11.8. The highest BCUT2D eigenvalue weighted by Crippen LogP contribution is 2.38. The average Bonchev–Trinajstić information content (AvgIpc) is 2.36. The molecule has 0 fully saturated rings. The fraction of sp³-hybridized carbons (Fsp3) is 0.333. The summed E-state index contributed by atoms with van der Waals surface area (Å²) < 4.78 is 10.6. The molecule has 0 bridgehead atoms. The van der Waals surface area contributed by atoms with Crippen LogP contribution < -0.4 is 10.1 Å². The van der Waals surface area contributed by atoms with Gasteiger partial charge in [0, 0.05) is 12.5 Å². The average molecular weight is 275 g/mol. The summed E-state index contributed by atoms with van der Waals surface area (Å²) in [5, 5.41) is 2.72. The molecule has 0 spiro atoms. The Balaban J connectivity index is 2.59. The van der Waals surface area contributed by atoms with Gasteiger partial charge in [-0.1, -0.05) is 0 Å². The van der Waals surface area contributed by atoms with Crippen LogP contribution in [0, 0.1) is 0 Å². The number of carbonyl (C=O) groups is 2. The number of methoxy groups -OCH3 is 1. The van der Waals surface area contributed by atoms with Crippen LogP contribution in [-0.2, 0) is 9.53 Å². The standard InChI is InChI=1S/C15H17NO4/c1-9(17)16-12-6-5-11(14(18)19-4)13-10(12)7-8-15(2,3)20-13/h5-8H,1-4H3,(H,16,17). The van der Waals surface area contributed by atoms with E-state index < -0.39 is 11.6 Å². The summed E-state index contributed by atoms with van der Waals surface area (Å²) in [6, 6.07) is 3.25. The minimum atomic E-state index is -0.523. The van der Waals surface area contributed by atoms with E-state index in [1.807, 2.05) is 26.0 Å². The van der Waals surface area contributed by atoms with Crippen molar-refractivity contribution < 1.29 is 19.1 Å². The molecular weight excluding hydrogens is 258 g/mol. The van der Waals surface area contributed by atoms with Crippen LogP contribution in [0.25, 0.3) is 6.08 Å². The summed E-state index contributed by atoms with van der Waals surface area (Å²) in [5.74, 6) is -0.228. The topological polar surface area (TPSA) is 64.6 Å². The van der Waals surface area contributed by atoms with E-state index in [0.29, 0.717) is 22.6 Å². The smallest absolute Gasteiger partial charge is 0.341 e. The number of hydrogen-bond donors (Lipinski definition) is 1. The van der Waals surface area contributed by atoms with E-state index in [2.05, 4.69) is 5.32 Å². The highest BCUT2D eigenvalue weighted by Gasteiger charge is 2.28. The molecule has 0 aliphatic carbocycles. The SMILES string of the molecule is COC(=O)c1ccc(NC(C)=O)c2c1OC(C)(C)C=C2. The number of amides is 1. The molecule has 2 rings (SSSR count). The van der Waals surface area contributed by atoms with Gasteiger partial charge < -0.3 is 14.8 Å². The predicted octanol–water partition coefficient (Wildman–Crippen LogP) is 2.62. The lowest BCUT2D eigenvalue weighted by atomic mass is 9.98. The van der Waals surface area contributed by atoms with Crippen LogP contribution >= 0.6 is 0 Å². The predicted molar refractivity (Wildman–Crippen MR) is 75.8 cm³/mol. The Morgan fingerprint density at radius 1 is 1.30 bits per heavy atom. The lowest BCUT2D eigenvalue weighted by Crippen LogP contribution is -2.29. The molecule has 20 heavy (non-hydrogen) atoms. The van der Waals surface area contributed by atoms with Crippen LogP contribution in [-0.4, -0.2) is 24.6 Å². The van der Waals surface area contributed by atoms with E-state index >= 15 is 0 Å². The Hall–Kier alpha value is -2.30. The van der Waals surface area contributed by atoms with Gasteiger partial charge in [-0.15, -0.1) is 0 Å². The second kappa shape index (κ2) is 5.00. The van der Waals surface area contributed by atoms with Gasteiger partial charge in [-0.25, -0.2) is 4.79 Å². The van der Waals surface area contributed by atoms with Gasteiger partial charge in [-0.05, 0) is 38.1 Å². The van der Waals surface area contributed by atoms with Crippen LogP contribution in [0.3, 0.4) is 0 Å². The number of esters is 1. The lowest BCUT2D eigenvalue weighted by Gasteiger charge is -2.30. The minimum absolute atomic E-state index is 0.184. The summed E-state index contributed by atoms with van der Waals surface area (Å²) in [6.07, 6.45) is 3.72. The van der Waals surface area contributed by atoms with E-state index in [4.69, 9.17) is 9.47 Å². The van der Waals surface area contributed by atoms with Crippen molar-refractivity contribution in [3.05, 3.63) is 29.3 Å². The van der Waals surface area contributed by atoms with Gasteiger partial charge in [0.2, 0.25) is 5.91 Å². The van der Waals surface area contributed by atoms with Crippen molar-refractivity contribution in [1.82, 2.24) is 0 Å². The van der Waals surface area contributed by atoms with Crippen molar-refractivity contribution in [2.24, 2.45) is 0 Å². The Kier molecular flexibility index (Phi) is 3.53. The third-order valence-corrected chi connectivity index (χ3v) is 2.93. The first-order chi connectivity index (χ1) is 9.34. The molecular formula is C15H17NO4. The lowest BCUT2D eigenvalue weighted by molar-refractivity contribution is -0.114. The monoisotopic (exact) mass is 275 g/mol. The minimum Gasteiger partial charge on any atom is -0.482 e. The summed E-state index contributed by atoms with van der Waals surface area (Å²) in [5.41, 5.74) is 1.09. The van der Waals surface area contributed by atoms with Crippen LogP contribution in [0.1, 0.15) is 36.7 Å². The molecule has 106 valence electrons. The quantitative estimate of drug-likeness (QED) is 0.843. The number of hydrogen-bond acceptors (Lipinski definition) is 4. The fourth-order valence-electron chi connectivity index (χ4n) is 2.03. The summed E-state index contributed by atoms with van der Waals surface area (Å²) in [7, 11) is 1.32. The van der Waals surface area contributed by atoms with Crippen LogP contribution in [0.4, 0.5) is 5.69 Å². The van der Waals surface area contributed by atoms with Crippen molar-refractivity contribution >= 4 is 23.6 Å². The number of benzene rings is 1. The molecule has 1 aromatic rings. The van der Waals surface area contributed by atoms with E-state index in [9.17, 15) is 9.59 Å². The highest BCUT2D eigenvalue weighted by molar-refractivity contribution is 5.98. The van der Waals surface area contributed by atoms with E-state index in [1.54, 1.807) is 12.1 Å². The molecule has 1 heterocycles. The second-order valence-corrected chi connectivity index (χ2v) is 5.12. The molecule has 0 saturated heterocycles. The molecule has 1 aromatic carbocycles. The molecule has 0 radical (unpaired) electrons. The Morgan fingerprint density at radius 3 is 2.60 bits per heavy atom. The zero-order valence-electron chi connectivity index (χ0n) is 11.9. The maximum absolute atomic E-state index is 11.8. The number of ether oxygens (including phenoxy) is 2. The molecule has 5 heteroatoms. The first-order valence-corrected chi connectivity index (χ1v) is 6.25. The second-order valence-electron chi connectivity index (χ2n) is 5.12. The number of carbonyl (C=O) groups excluding carboxylic acids is 2. The third-order valence-electron chi connectivity index (χ3n) is 2.93. The van der Waals surface area contributed by atoms with E-state index in [-0.39, 0.29) is 5.91 Å². The van der Waals surface area contributed by atoms with Crippen molar-refractivity contribution in [2.75, 3.05) is 12.4 Å². The molecule has 1 aliphatic rings. The van der Waals surface area contributed by atoms with Crippen molar-refractivity contribution in [3.63, 3.8) is 0 Å². The van der Waals surface area contributed by atoms with E-state index in [1.165, 1.54) is 14.0 Å². The van der Waals surface area contributed by atoms with Gasteiger partial charge in [0.25, 0.3) is 0 Å². The van der Waals surface area contributed by atoms with Gasteiger partial charge in [-0.2, -0.15) is 0 Å². The van der Waals surface area contributed by atoms with E-state index in [0.717, 1.165) is 0 Å². The van der Waals surface area contributed by atoms with Gasteiger partial charge >= 0.3 is 5.97 Å². The van der Waals surface area contributed by atoms with Crippen molar-refractivity contribution in [3.8, 4) is 5.75 Å². The van der Waals surface area contributed by atoms with Gasteiger partial charge in [-0.3, -0.25) is 4.79 Å². The van der Waals surface area contributed by atoms with Gasteiger partial charge in [0.05, 0.1) is 12.8 Å². The Morgan fingerprint density at radius 2 is 2.00 bits per heavy atom. The number of anilines is 1. The van der Waals surface area contributed by atoms with Crippen LogP contribution in [0.5, 0.6) is 5.75 Å². The van der Waals surface area contributed by atoms with Gasteiger partial charge in [0.15, 0.2) is 0 Å². The third kappa shape index (κ3) is 2.66. The zero-order valence-corrected chi connectivity index (χ0v) is 11.9. The summed E-state index contributed by atoms with van der Waals surface area (Å²) in [6.45, 7) is 5.20. The molecule has 1 aliphatic heterocycles. The molecule has 1 amide bonds. The molecule has 0 saturated carbocycles. The highest BCUT2D eigenvalue weighted by atomic mass is 16.5. The summed E-state index contributed by atoms with van der Waals surface area (Å²) >= 11 is 0. The van der Waals surface area contributed by atoms with Crippen molar-refractivity contribution in [2.45, 2.75) is 26.4 Å². The van der Waals surface area contributed by atoms with Gasteiger partial charge in [0.1, 0.15) is 16.9 Å². The molecule has 1 N–H and O–H groups in total. The maximum Gasteiger partial charge on any atom is 0.341 e. The Bertz CT molecular complexity index is 602. The number of rotatable bonds is 2. The normalized spacial score (nSPS) is 15.0. The summed E-state index contributed by atoms with van der Waals surface area (Å²) in [4.78, 5) is 23.0. The first-order valence-electron chi connectivity index (χ1n) is 6.25. The van der Waals surface area contributed by atoms with Crippen molar-refractivity contribution in [1.29, 1.82) is 0 Å². The first kappa shape index (κ1) is 14.1. The number of nitrogens with one attached hydrogen (secondary N) is 1. The Labute approximate surface area is 117 Å². The molecule has 5 nitrogen and oxygen atoms in total. The van der Waals surface area contributed by atoms with Crippen LogP contribution in [0.2, 0.25) is 0 Å². The number of fused-ring (bicyclic) bond motifs is 1.